The molecule has 0 saturated carbocycles. The maximum absolute atomic E-state index is 12.2. The molecule has 0 radical (unpaired) electrons. The van der Waals surface area contributed by atoms with Gasteiger partial charge in [-0.15, -0.1) is 0 Å². The smallest absolute Gasteiger partial charge is 0.240 e. The van der Waals surface area contributed by atoms with Gasteiger partial charge in [0, 0.05) is 16.0 Å². The van der Waals surface area contributed by atoms with E-state index >= 15 is 0 Å². The lowest BCUT2D eigenvalue weighted by atomic mass is 10.2. The summed E-state index contributed by atoms with van der Waals surface area (Å²) in [6, 6.07) is 11.6. The second-order valence-corrected chi connectivity index (χ2v) is 7.45. The molecule has 112 valence electrons. The van der Waals surface area contributed by atoms with Crippen LogP contribution in [0.3, 0.4) is 0 Å². The van der Waals surface area contributed by atoms with Gasteiger partial charge in [0.2, 0.25) is 10.0 Å². The van der Waals surface area contributed by atoms with Crippen molar-refractivity contribution in [2.24, 2.45) is 0 Å². The zero-order valence-corrected chi connectivity index (χ0v) is 14.0. The van der Waals surface area contributed by atoms with Gasteiger partial charge in [-0.3, -0.25) is 0 Å². The number of benzene rings is 2. The molecule has 2 N–H and O–H groups in total. The van der Waals surface area contributed by atoms with Gasteiger partial charge in [0.05, 0.1) is 11.5 Å². The Morgan fingerprint density at radius 3 is 2.43 bits per heavy atom. The van der Waals surface area contributed by atoms with E-state index in [9.17, 15) is 8.42 Å². The number of aliphatic hydroxyl groups excluding tert-OH is 1. The lowest BCUT2D eigenvalue weighted by Crippen LogP contribution is -2.23. The molecule has 7 heteroatoms. The first-order chi connectivity index (χ1) is 9.92. The lowest BCUT2D eigenvalue weighted by molar-refractivity contribution is 0.281. The molecule has 0 saturated heterocycles. The topological polar surface area (TPSA) is 66.4 Å². The van der Waals surface area contributed by atoms with Crippen LogP contribution in [0.1, 0.15) is 11.1 Å². The van der Waals surface area contributed by atoms with Crippen molar-refractivity contribution >= 4 is 37.6 Å². The minimum atomic E-state index is -3.65. The SMILES string of the molecule is O=S(=O)(NCc1ccc(Br)cc1)c1ccc(Cl)c(CO)c1. The number of hydrogen-bond donors (Lipinski definition) is 2. The van der Waals surface area contributed by atoms with E-state index in [0.29, 0.717) is 10.6 Å². The maximum Gasteiger partial charge on any atom is 0.240 e. The molecule has 4 nitrogen and oxygen atoms in total. The molecular weight excluding hydrogens is 378 g/mol. The number of halogens is 2. The number of hydrogen-bond acceptors (Lipinski definition) is 3. The maximum atomic E-state index is 12.2. The summed E-state index contributed by atoms with van der Waals surface area (Å²) in [5.74, 6) is 0. The van der Waals surface area contributed by atoms with Gasteiger partial charge in [-0.05, 0) is 41.5 Å². The van der Waals surface area contributed by atoms with Crippen LogP contribution in [0.2, 0.25) is 5.02 Å². The predicted octanol–water partition coefficient (Wildman–Crippen LogP) is 3.07. The van der Waals surface area contributed by atoms with Crippen molar-refractivity contribution in [1.29, 1.82) is 0 Å². The highest BCUT2D eigenvalue weighted by Crippen LogP contribution is 2.20. The summed E-state index contributed by atoms with van der Waals surface area (Å²) in [5, 5.41) is 9.48. The van der Waals surface area contributed by atoms with Crippen LogP contribution in [0.15, 0.2) is 51.8 Å². The zero-order valence-electron chi connectivity index (χ0n) is 10.9. The summed E-state index contributed by atoms with van der Waals surface area (Å²) >= 11 is 9.18. The molecule has 0 atom stereocenters. The summed E-state index contributed by atoms with van der Waals surface area (Å²) in [7, 11) is -3.65. The summed E-state index contributed by atoms with van der Waals surface area (Å²) in [6.07, 6.45) is 0. The Hall–Kier alpha value is -0.920. The van der Waals surface area contributed by atoms with Gasteiger partial charge in [-0.25, -0.2) is 13.1 Å². The van der Waals surface area contributed by atoms with E-state index in [1.54, 1.807) is 0 Å². The molecule has 21 heavy (non-hydrogen) atoms. The normalized spacial score (nSPS) is 11.6. The molecule has 0 unspecified atom stereocenters. The van der Waals surface area contributed by atoms with Gasteiger partial charge in [0.15, 0.2) is 0 Å². The molecule has 2 rings (SSSR count). The van der Waals surface area contributed by atoms with Crippen LogP contribution in [-0.2, 0) is 23.2 Å². The second kappa shape index (κ2) is 6.89. The third-order valence-electron chi connectivity index (χ3n) is 2.88. The van der Waals surface area contributed by atoms with Crippen LogP contribution < -0.4 is 4.72 Å². The third-order valence-corrected chi connectivity index (χ3v) is 5.17. The monoisotopic (exact) mass is 389 g/mol. The third kappa shape index (κ3) is 4.28. The first kappa shape index (κ1) is 16.5. The molecule has 0 heterocycles. The van der Waals surface area contributed by atoms with Crippen LogP contribution in [0.25, 0.3) is 0 Å². The summed E-state index contributed by atoms with van der Waals surface area (Å²) < 4.78 is 27.9. The van der Waals surface area contributed by atoms with Gasteiger partial charge >= 0.3 is 0 Å². The second-order valence-electron chi connectivity index (χ2n) is 4.36. The largest absolute Gasteiger partial charge is 0.392 e. The Labute approximate surface area is 136 Å². The molecule has 0 fully saturated rings. The molecule has 0 amide bonds. The van der Waals surface area contributed by atoms with Crippen LogP contribution in [0.5, 0.6) is 0 Å². The number of aliphatic hydroxyl groups is 1. The molecule has 0 aliphatic carbocycles. The highest BCUT2D eigenvalue weighted by Gasteiger charge is 2.15. The van der Waals surface area contributed by atoms with E-state index in [2.05, 4.69) is 20.7 Å². The van der Waals surface area contributed by atoms with Crippen molar-refractivity contribution in [1.82, 2.24) is 4.72 Å². The van der Waals surface area contributed by atoms with Gasteiger partial charge in [0.25, 0.3) is 0 Å². The van der Waals surface area contributed by atoms with Crippen molar-refractivity contribution in [2.75, 3.05) is 0 Å². The van der Waals surface area contributed by atoms with Crippen molar-refractivity contribution < 1.29 is 13.5 Å². The summed E-state index contributed by atoms with van der Waals surface area (Å²) in [6.45, 7) is -0.123. The molecule has 0 aliphatic rings. The van der Waals surface area contributed by atoms with Gasteiger partial charge in [-0.1, -0.05) is 39.7 Å². The van der Waals surface area contributed by atoms with Crippen molar-refractivity contribution in [3.05, 3.63) is 63.1 Å². The van der Waals surface area contributed by atoms with E-state index in [1.165, 1.54) is 18.2 Å². The first-order valence-electron chi connectivity index (χ1n) is 6.06. The fourth-order valence-electron chi connectivity index (χ4n) is 1.70. The van der Waals surface area contributed by atoms with E-state index in [4.69, 9.17) is 16.7 Å². The standard InChI is InChI=1S/C14H13BrClNO3S/c15-12-3-1-10(2-4-12)8-17-21(19,20)13-5-6-14(16)11(7-13)9-18/h1-7,17-18H,8-9H2. The van der Waals surface area contributed by atoms with Crippen LogP contribution in [0, 0.1) is 0 Å². The van der Waals surface area contributed by atoms with Gasteiger partial charge in [-0.2, -0.15) is 0 Å². The average molecular weight is 391 g/mol. The molecule has 2 aromatic carbocycles. The fraction of sp³-hybridized carbons (Fsp3) is 0.143. The van der Waals surface area contributed by atoms with Crippen LogP contribution in [0.4, 0.5) is 0 Å². The van der Waals surface area contributed by atoms with Crippen LogP contribution in [-0.4, -0.2) is 13.5 Å². The quantitative estimate of drug-likeness (QED) is 0.824. The van der Waals surface area contributed by atoms with Crippen molar-refractivity contribution in [3.8, 4) is 0 Å². The molecule has 0 bridgehead atoms. The van der Waals surface area contributed by atoms with Gasteiger partial charge in [0.1, 0.15) is 0 Å². The molecule has 2 aromatic rings. The van der Waals surface area contributed by atoms with Crippen molar-refractivity contribution in [3.63, 3.8) is 0 Å². The predicted molar refractivity (Wildman–Crippen MR) is 85.5 cm³/mol. The number of sulfonamides is 1. The number of nitrogens with one attached hydrogen (secondary N) is 1. The fourth-order valence-corrected chi connectivity index (χ4v) is 3.21. The van der Waals surface area contributed by atoms with Gasteiger partial charge < -0.3 is 5.11 Å². The Morgan fingerprint density at radius 1 is 1.14 bits per heavy atom. The Morgan fingerprint density at radius 2 is 1.81 bits per heavy atom. The Kier molecular flexibility index (Phi) is 5.40. The Balaban J connectivity index is 2.16. The highest BCUT2D eigenvalue weighted by molar-refractivity contribution is 9.10. The molecule has 0 aliphatic heterocycles. The van der Waals surface area contributed by atoms with Crippen LogP contribution >= 0.6 is 27.5 Å². The summed E-state index contributed by atoms with van der Waals surface area (Å²) in [4.78, 5) is 0.0769. The lowest BCUT2D eigenvalue weighted by Gasteiger charge is -2.09. The molecule has 0 aromatic heterocycles. The van der Waals surface area contributed by atoms with E-state index in [-0.39, 0.29) is 18.0 Å². The summed E-state index contributed by atoms with van der Waals surface area (Å²) in [5.41, 5.74) is 1.22. The zero-order chi connectivity index (χ0) is 15.5. The number of rotatable bonds is 5. The highest BCUT2D eigenvalue weighted by atomic mass is 79.9. The Bertz CT molecular complexity index is 732. The first-order valence-corrected chi connectivity index (χ1v) is 8.71. The minimum absolute atomic E-state index is 0.0769. The van der Waals surface area contributed by atoms with E-state index in [0.717, 1.165) is 10.0 Å². The minimum Gasteiger partial charge on any atom is -0.392 e. The average Bonchev–Trinajstić information content (AvgIpc) is 2.47. The van der Waals surface area contributed by atoms with E-state index < -0.39 is 10.0 Å². The van der Waals surface area contributed by atoms with Crippen molar-refractivity contribution in [2.45, 2.75) is 18.0 Å². The molecule has 0 spiro atoms. The van der Waals surface area contributed by atoms with E-state index in [1.807, 2.05) is 24.3 Å². The molecular formula is C14H13BrClNO3S.